The van der Waals surface area contributed by atoms with E-state index in [1.807, 2.05) is 59.5 Å². The molecule has 1 fully saturated rings. The second-order valence-electron chi connectivity index (χ2n) is 8.37. The molecule has 1 saturated heterocycles. The molecule has 4 rings (SSSR count). The number of rotatable bonds is 10. The van der Waals surface area contributed by atoms with Gasteiger partial charge in [-0.25, -0.2) is 0 Å². The van der Waals surface area contributed by atoms with Gasteiger partial charge >= 0.3 is 0 Å². The zero-order valence-corrected chi connectivity index (χ0v) is 19.7. The van der Waals surface area contributed by atoms with Crippen LogP contribution in [0.1, 0.15) is 29.6 Å². The predicted octanol–water partition coefficient (Wildman–Crippen LogP) is 4.82. The van der Waals surface area contributed by atoms with Crippen LogP contribution in [0, 0.1) is 0 Å². The lowest BCUT2D eigenvalue weighted by atomic mass is 10.1. The average Bonchev–Trinajstić information content (AvgIpc) is 2.91. The maximum absolute atomic E-state index is 12.7. The van der Waals surface area contributed by atoms with Crippen molar-refractivity contribution < 1.29 is 19.1 Å². The molecule has 7 heteroatoms. The van der Waals surface area contributed by atoms with E-state index in [4.69, 9.17) is 9.47 Å². The van der Waals surface area contributed by atoms with Crippen LogP contribution in [0.2, 0.25) is 0 Å². The number of hydrogen-bond acceptors (Lipinski definition) is 5. The van der Waals surface area contributed by atoms with Gasteiger partial charge in [-0.2, -0.15) is 0 Å². The molecule has 0 saturated carbocycles. The van der Waals surface area contributed by atoms with Crippen LogP contribution >= 0.6 is 0 Å². The van der Waals surface area contributed by atoms with Gasteiger partial charge in [-0.3, -0.25) is 9.59 Å². The summed E-state index contributed by atoms with van der Waals surface area (Å²) in [6.45, 7) is 2.52. The summed E-state index contributed by atoms with van der Waals surface area (Å²) in [5.74, 6) is 1.31. The van der Waals surface area contributed by atoms with E-state index in [0.717, 1.165) is 37.4 Å². The van der Waals surface area contributed by atoms with Gasteiger partial charge in [0.1, 0.15) is 24.7 Å². The number of piperidine rings is 1. The Morgan fingerprint density at radius 1 is 0.743 bits per heavy atom. The molecule has 0 unspecified atom stereocenters. The Labute approximate surface area is 206 Å². The average molecular weight is 474 g/mol. The fourth-order valence-electron chi connectivity index (χ4n) is 3.93. The number of carbonyl (C=O) groups excluding carboxylic acids is 2. The van der Waals surface area contributed by atoms with Crippen molar-refractivity contribution in [3.63, 3.8) is 0 Å². The first-order chi connectivity index (χ1) is 17.2. The second kappa shape index (κ2) is 12.5. The van der Waals surface area contributed by atoms with Crippen LogP contribution in [0.3, 0.4) is 0 Å². The van der Waals surface area contributed by atoms with Crippen LogP contribution in [0.5, 0.6) is 11.5 Å². The van der Waals surface area contributed by atoms with E-state index in [1.54, 1.807) is 24.3 Å². The van der Waals surface area contributed by atoms with E-state index in [9.17, 15) is 9.59 Å². The van der Waals surface area contributed by atoms with Crippen molar-refractivity contribution in [2.75, 3.05) is 43.5 Å². The smallest absolute Gasteiger partial charge is 0.253 e. The number of ether oxygens (including phenoxy) is 2. The molecule has 3 aromatic rings. The molecule has 0 aliphatic carbocycles. The zero-order chi connectivity index (χ0) is 24.3. The van der Waals surface area contributed by atoms with E-state index >= 15 is 0 Å². The number of para-hydroxylation sites is 1. The molecule has 0 spiro atoms. The number of nitrogens with zero attached hydrogens (tertiary/aromatic N) is 1. The van der Waals surface area contributed by atoms with Crippen LogP contribution < -0.4 is 20.1 Å². The summed E-state index contributed by atoms with van der Waals surface area (Å²) >= 11 is 0. The molecule has 0 bridgehead atoms. The Hall–Kier alpha value is -4.00. The van der Waals surface area contributed by atoms with Crippen LogP contribution in [-0.2, 0) is 4.79 Å². The molecular weight excluding hydrogens is 442 g/mol. The number of carbonyl (C=O) groups is 2. The van der Waals surface area contributed by atoms with Crippen molar-refractivity contribution >= 4 is 23.2 Å². The van der Waals surface area contributed by atoms with Gasteiger partial charge in [0, 0.05) is 36.1 Å². The Kier molecular flexibility index (Phi) is 8.59. The Morgan fingerprint density at radius 3 is 2.23 bits per heavy atom. The number of amides is 2. The fourth-order valence-corrected chi connectivity index (χ4v) is 3.93. The van der Waals surface area contributed by atoms with Crippen LogP contribution in [0.4, 0.5) is 11.4 Å². The fraction of sp³-hybridized carbons (Fsp3) is 0.286. The minimum absolute atomic E-state index is 0.0184. The van der Waals surface area contributed by atoms with Crippen molar-refractivity contribution in [2.24, 2.45) is 0 Å². The van der Waals surface area contributed by atoms with E-state index < -0.39 is 0 Å². The largest absolute Gasteiger partial charge is 0.490 e. The molecule has 2 N–H and O–H groups in total. The summed E-state index contributed by atoms with van der Waals surface area (Å²) in [5.41, 5.74) is 1.98. The van der Waals surface area contributed by atoms with Gasteiger partial charge in [0.05, 0.1) is 6.54 Å². The third kappa shape index (κ3) is 7.50. The molecule has 0 atom stereocenters. The lowest BCUT2D eigenvalue weighted by molar-refractivity contribution is -0.114. The number of anilines is 2. The van der Waals surface area contributed by atoms with Crippen LogP contribution in [-0.4, -0.2) is 49.6 Å². The van der Waals surface area contributed by atoms with Crippen molar-refractivity contribution in [3.8, 4) is 11.5 Å². The van der Waals surface area contributed by atoms with Gasteiger partial charge in [-0.1, -0.05) is 30.3 Å². The van der Waals surface area contributed by atoms with Crippen molar-refractivity contribution in [3.05, 3.63) is 84.4 Å². The topological polar surface area (TPSA) is 79.9 Å². The molecular formula is C28H31N3O4. The van der Waals surface area contributed by atoms with Gasteiger partial charge in [-0.05, 0) is 61.7 Å². The molecule has 2 amide bonds. The van der Waals surface area contributed by atoms with Crippen molar-refractivity contribution in [1.82, 2.24) is 4.90 Å². The second-order valence-corrected chi connectivity index (χ2v) is 8.37. The van der Waals surface area contributed by atoms with Gasteiger partial charge in [0.15, 0.2) is 0 Å². The number of benzene rings is 3. The number of likely N-dealkylation sites (tertiary alicyclic amines) is 1. The van der Waals surface area contributed by atoms with Gasteiger partial charge < -0.3 is 25.0 Å². The number of nitrogens with one attached hydrogen (secondary N) is 2. The molecule has 1 aliphatic heterocycles. The quantitative estimate of drug-likeness (QED) is 0.413. The molecule has 1 aliphatic rings. The van der Waals surface area contributed by atoms with Crippen molar-refractivity contribution in [2.45, 2.75) is 19.3 Å². The van der Waals surface area contributed by atoms with Crippen LogP contribution in [0.15, 0.2) is 78.9 Å². The first-order valence-corrected chi connectivity index (χ1v) is 12.0. The highest BCUT2D eigenvalue weighted by Crippen LogP contribution is 2.19. The molecule has 182 valence electrons. The van der Waals surface area contributed by atoms with Crippen LogP contribution in [0.25, 0.3) is 0 Å². The Morgan fingerprint density at radius 2 is 1.43 bits per heavy atom. The maximum Gasteiger partial charge on any atom is 0.253 e. The maximum atomic E-state index is 12.7. The monoisotopic (exact) mass is 473 g/mol. The minimum atomic E-state index is -0.199. The summed E-state index contributed by atoms with van der Waals surface area (Å²) in [4.78, 5) is 27.1. The number of hydrogen-bond donors (Lipinski definition) is 2. The Balaban J connectivity index is 1.22. The van der Waals surface area contributed by atoms with E-state index in [0.29, 0.717) is 30.2 Å². The van der Waals surface area contributed by atoms with E-state index in [1.165, 1.54) is 6.42 Å². The highest BCUT2D eigenvalue weighted by molar-refractivity contribution is 5.98. The zero-order valence-electron chi connectivity index (χ0n) is 19.7. The van der Waals surface area contributed by atoms with Gasteiger partial charge in [0.2, 0.25) is 5.91 Å². The third-order valence-electron chi connectivity index (χ3n) is 5.69. The SMILES string of the molecule is O=C(CNc1cccc(OCCOc2ccccc2)c1)Nc1cccc(C(=O)N2CCCCC2)c1. The molecule has 0 aromatic heterocycles. The van der Waals surface area contributed by atoms with Gasteiger partial charge in [0.25, 0.3) is 5.91 Å². The summed E-state index contributed by atoms with van der Waals surface area (Å²) in [5, 5.41) is 5.97. The third-order valence-corrected chi connectivity index (χ3v) is 5.69. The highest BCUT2D eigenvalue weighted by atomic mass is 16.5. The standard InChI is InChI=1S/C28H31N3O4/c32-27(30-24-11-7-9-22(19-24)28(33)31-15-5-2-6-16-31)21-29-23-10-8-14-26(20-23)35-18-17-34-25-12-3-1-4-13-25/h1,3-4,7-14,19-20,29H,2,5-6,15-18,21H2,(H,30,32). The summed E-state index contributed by atoms with van der Waals surface area (Å²) in [7, 11) is 0. The first kappa shape index (κ1) is 24.1. The Bertz CT molecular complexity index is 1110. The minimum Gasteiger partial charge on any atom is -0.490 e. The molecule has 3 aromatic carbocycles. The summed E-state index contributed by atoms with van der Waals surface area (Å²) < 4.78 is 11.4. The molecule has 1 heterocycles. The normalized spacial score (nSPS) is 13.1. The van der Waals surface area contributed by atoms with E-state index in [2.05, 4.69) is 10.6 Å². The molecule has 35 heavy (non-hydrogen) atoms. The van der Waals surface area contributed by atoms with Gasteiger partial charge in [-0.15, -0.1) is 0 Å². The molecule has 7 nitrogen and oxygen atoms in total. The summed E-state index contributed by atoms with van der Waals surface area (Å²) in [6.07, 6.45) is 3.26. The highest BCUT2D eigenvalue weighted by Gasteiger charge is 2.18. The van der Waals surface area contributed by atoms with E-state index in [-0.39, 0.29) is 18.4 Å². The summed E-state index contributed by atoms with van der Waals surface area (Å²) in [6, 6.07) is 24.1. The van der Waals surface area contributed by atoms with Crippen molar-refractivity contribution in [1.29, 1.82) is 0 Å². The lowest BCUT2D eigenvalue weighted by Crippen LogP contribution is -2.35. The lowest BCUT2D eigenvalue weighted by Gasteiger charge is -2.26. The molecule has 0 radical (unpaired) electrons. The predicted molar refractivity (Wildman–Crippen MR) is 137 cm³/mol. The first-order valence-electron chi connectivity index (χ1n) is 12.0.